The van der Waals surface area contributed by atoms with Gasteiger partial charge in [0.15, 0.2) is 5.69 Å². The Morgan fingerprint density at radius 1 is 1.20 bits per heavy atom. The van der Waals surface area contributed by atoms with Crippen molar-refractivity contribution in [2.75, 3.05) is 19.6 Å². The average molecular weight is 408 g/mol. The largest absolute Gasteiger partial charge is 0.387 e. The van der Waals surface area contributed by atoms with Crippen LogP contribution >= 0.6 is 0 Å². The Morgan fingerprint density at radius 3 is 2.67 bits per heavy atom. The lowest BCUT2D eigenvalue weighted by Crippen LogP contribution is -2.45. The summed E-state index contributed by atoms with van der Waals surface area (Å²) in [6.45, 7) is 4.06. The molecule has 1 aliphatic rings. The highest BCUT2D eigenvalue weighted by Crippen LogP contribution is 2.22. The lowest BCUT2D eigenvalue weighted by molar-refractivity contribution is 0.0455. The smallest absolute Gasteiger partial charge is 0.271 e. The van der Waals surface area contributed by atoms with Gasteiger partial charge in [0.2, 0.25) is 0 Å². The molecule has 1 aromatic heterocycles. The van der Waals surface area contributed by atoms with Gasteiger partial charge in [0, 0.05) is 31.9 Å². The molecule has 2 heterocycles. The summed E-state index contributed by atoms with van der Waals surface area (Å²) in [5.74, 6) is -0.665. The van der Waals surface area contributed by atoms with Crippen molar-refractivity contribution in [1.82, 2.24) is 20.0 Å². The predicted molar refractivity (Wildman–Crippen MR) is 112 cm³/mol. The third kappa shape index (κ3) is 4.58. The van der Waals surface area contributed by atoms with E-state index in [-0.39, 0.29) is 24.0 Å². The van der Waals surface area contributed by atoms with Crippen LogP contribution in [-0.2, 0) is 6.54 Å². The lowest BCUT2D eigenvalue weighted by atomic mass is 10.0. The minimum absolute atomic E-state index is 0.166. The number of aromatic nitrogens is 2. The standard InChI is InChI=1S/C23H25FN4O2/c1-17-13-21(26-28(17)20-9-7-19(24)8-10-20)22(29)25-15-23(30)11-12-27(16-23)14-18-5-3-2-4-6-18/h2-10,13,30H,11-12,14-16H2,1H3,(H,25,29). The molecule has 1 fully saturated rings. The Labute approximate surface area is 174 Å². The number of aliphatic hydroxyl groups is 1. The molecule has 0 bridgehead atoms. The SMILES string of the molecule is Cc1cc(C(=O)NCC2(O)CCN(Cc3ccccc3)C2)nn1-c1ccc(F)cc1. The van der Waals surface area contributed by atoms with Crippen LogP contribution in [0.3, 0.4) is 0 Å². The van der Waals surface area contributed by atoms with Crippen LogP contribution in [0.5, 0.6) is 0 Å². The van der Waals surface area contributed by atoms with E-state index in [4.69, 9.17) is 0 Å². The van der Waals surface area contributed by atoms with Gasteiger partial charge < -0.3 is 10.4 Å². The second-order valence-electron chi connectivity index (χ2n) is 7.91. The molecular weight excluding hydrogens is 383 g/mol. The van der Waals surface area contributed by atoms with Crippen molar-refractivity contribution in [3.8, 4) is 5.69 Å². The number of likely N-dealkylation sites (tertiary alicyclic amines) is 1. The van der Waals surface area contributed by atoms with Gasteiger partial charge in [-0.1, -0.05) is 30.3 Å². The van der Waals surface area contributed by atoms with Crippen molar-refractivity contribution in [3.63, 3.8) is 0 Å². The molecule has 2 aromatic carbocycles. The van der Waals surface area contributed by atoms with Gasteiger partial charge in [-0.3, -0.25) is 9.69 Å². The molecule has 0 radical (unpaired) electrons. The number of hydrogen-bond donors (Lipinski definition) is 2. The molecule has 1 atom stereocenters. The number of amides is 1. The zero-order chi connectivity index (χ0) is 21.1. The van der Waals surface area contributed by atoms with Gasteiger partial charge in [-0.25, -0.2) is 9.07 Å². The van der Waals surface area contributed by atoms with Crippen LogP contribution in [0, 0.1) is 12.7 Å². The van der Waals surface area contributed by atoms with Gasteiger partial charge >= 0.3 is 0 Å². The van der Waals surface area contributed by atoms with E-state index in [9.17, 15) is 14.3 Å². The molecule has 1 aliphatic heterocycles. The van der Waals surface area contributed by atoms with Crippen molar-refractivity contribution >= 4 is 5.91 Å². The zero-order valence-electron chi connectivity index (χ0n) is 16.9. The first-order valence-corrected chi connectivity index (χ1v) is 10.0. The third-order valence-corrected chi connectivity index (χ3v) is 5.43. The first kappa shape index (κ1) is 20.3. The zero-order valence-corrected chi connectivity index (χ0v) is 16.9. The van der Waals surface area contributed by atoms with Crippen molar-refractivity contribution in [2.45, 2.75) is 25.5 Å². The number of rotatable bonds is 6. The van der Waals surface area contributed by atoms with Crippen molar-refractivity contribution in [2.24, 2.45) is 0 Å². The first-order chi connectivity index (χ1) is 14.4. The molecule has 6 nitrogen and oxygen atoms in total. The summed E-state index contributed by atoms with van der Waals surface area (Å²) in [4.78, 5) is 14.8. The fourth-order valence-corrected chi connectivity index (χ4v) is 3.83. The van der Waals surface area contributed by atoms with Gasteiger partial charge in [0.05, 0.1) is 11.3 Å². The average Bonchev–Trinajstić information content (AvgIpc) is 3.31. The normalized spacial score (nSPS) is 19.2. The van der Waals surface area contributed by atoms with E-state index < -0.39 is 5.60 Å². The maximum atomic E-state index is 13.1. The minimum Gasteiger partial charge on any atom is -0.387 e. The maximum Gasteiger partial charge on any atom is 0.271 e. The third-order valence-electron chi connectivity index (χ3n) is 5.43. The van der Waals surface area contributed by atoms with Gasteiger partial charge in [-0.2, -0.15) is 5.10 Å². The minimum atomic E-state index is -0.959. The highest BCUT2D eigenvalue weighted by atomic mass is 19.1. The van der Waals surface area contributed by atoms with E-state index in [0.29, 0.717) is 18.7 Å². The number of nitrogens with one attached hydrogen (secondary N) is 1. The molecule has 7 heteroatoms. The molecule has 4 rings (SSSR count). The quantitative estimate of drug-likeness (QED) is 0.658. The van der Waals surface area contributed by atoms with Crippen LogP contribution in [0.1, 0.15) is 28.2 Å². The van der Waals surface area contributed by atoms with E-state index in [1.807, 2.05) is 25.1 Å². The molecule has 30 heavy (non-hydrogen) atoms. The summed E-state index contributed by atoms with van der Waals surface area (Å²) in [7, 11) is 0. The molecule has 156 valence electrons. The summed E-state index contributed by atoms with van der Waals surface area (Å²) in [6.07, 6.45) is 0.600. The Morgan fingerprint density at radius 2 is 1.93 bits per heavy atom. The Hall–Kier alpha value is -3.03. The van der Waals surface area contributed by atoms with Crippen LogP contribution in [0.25, 0.3) is 5.69 Å². The second kappa shape index (κ2) is 8.38. The van der Waals surface area contributed by atoms with E-state index in [1.165, 1.54) is 17.7 Å². The topological polar surface area (TPSA) is 70.4 Å². The molecule has 2 N–H and O–H groups in total. The van der Waals surface area contributed by atoms with E-state index in [0.717, 1.165) is 18.8 Å². The molecule has 0 aliphatic carbocycles. The number of aryl methyl sites for hydroxylation is 1. The highest BCUT2D eigenvalue weighted by molar-refractivity contribution is 5.92. The summed E-state index contributed by atoms with van der Waals surface area (Å²) in [6, 6.07) is 17.7. The monoisotopic (exact) mass is 408 g/mol. The van der Waals surface area contributed by atoms with Crippen molar-refractivity contribution in [1.29, 1.82) is 0 Å². The fourth-order valence-electron chi connectivity index (χ4n) is 3.83. The molecule has 0 spiro atoms. The second-order valence-corrected chi connectivity index (χ2v) is 7.91. The van der Waals surface area contributed by atoms with E-state index in [1.54, 1.807) is 22.9 Å². The number of carbonyl (C=O) groups excluding carboxylic acids is 1. The van der Waals surface area contributed by atoms with Crippen LogP contribution in [-0.4, -0.2) is 50.9 Å². The fraction of sp³-hybridized carbons (Fsp3) is 0.304. The summed E-state index contributed by atoms with van der Waals surface area (Å²) >= 11 is 0. The van der Waals surface area contributed by atoms with Gasteiger partial charge in [-0.15, -0.1) is 0 Å². The Balaban J connectivity index is 1.35. The molecule has 1 amide bonds. The number of halogens is 1. The molecule has 1 unspecified atom stereocenters. The molecule has 0 saturated carbocycles. The van der Waals surface area contributed by atoms with Gasteiger partial charge in [-0.05, 0) is 49.2 Å². The van der Waals surface area contributed by atoms with Crippen LogP contribution in [0.15, 0.2) is 60.7 Å². The number of benzene rings is 2. The van der Waals surface area contributed by atoms with Crippen LogP contribution in [0.4, 0.5) is 4.39 Å². The molecular formula is C23H25FN4O2. The number of nitrogens with zero attached hydrogens (tertiary/aromatic N) is 3. The highest BCUT2D eigenvalue weighted by Gasteiger charge is 2.36. The summed E-state index contributed by atoms with van der Waals surface area (Å²) < 4.78 is 14.7. The molecule has 3 aromatic rings. The maximum absolute atomic E-state index is 13.1. The number of β-amino-alcohol motifs (C(OH)–C–C–N with tert-alkyl or cyclic N) is 1. The van der Waals surface area contributed by atoms with Gasteiger partial charge in [0.1, 0.15) is 5.82 Å². The predicted octanol–water partition coefficient (Wildman–Crippen LogP) is 2.69. The van der Waals surface area contributed by atoms with Gasteiger partial charge in [0.25, 0.3) is 5.91 Å². The van der Waals surface area contributed by atoms with E-state index in [2.05, 4.69) is 27.4 Å². The summed E-state index contributed by atoms with van der Waals surface area (Å²) in [5.41, 5.74) is 1.95. The van der Waals surface area contributed by atoms with Crippen molar-refractivity contribution < 1.29 is 14.3 Å². The summed E-state index contributed by atoms with van der Waals surface area (Å²) in [5, 5.41) is 18.0. The molecule has 1 saturated heterocycles. The van der Waals surface area contributed by atoms with Crippen molar-refractivity contribution in [3.05, 3.63) is 83.4 Å². The Bertz CT molecular complexity index is 1020. The lowest BCUT2D eigenvalue weighted by Gasteiger charge is -2.23. The number of carbonyl (C=O) groups is 1. The van der Waals surface area contributed by atoms with Crippen LogP contribution in [0.2, 0.25) is 0 Å². The Kier molecular flexibility index (Phi) is 5.65. The van der Waals surface area contributed by atoms with E-state index >= 15 is 0 Å². The number of hydrogen-bond acceptors (Lipinski definition) is 4. The first-order valence-electron chi connectivity index (χ1n) is 10.0. The van der Waals surface area contributed by atoms with Crippen LogP contribution < -0.4 is 5.32 Å².